The van der Waals surface area contributed by atoms with Crippen molar-refractivity contribution in [1.82, 2.24) is 0 Å². The average Bonchev–Trinajstić information content (AvgIpc) is 3.35. The van der Waals surface area contributed by atoms with E-state index in [9.17, 15) is 9.59 Å². The summed E-state index contributed by atoms with van der Waals surface area (Å²) in [4.78, 5) is 23.9. The number of alkyl halides is 2. The Morgan fingerprint density at radius 2 is 1.73 bits per heavy atom. The van der Waals surface area contributed by atoms with Crippen LogP contribution in [0.5, 0.6) is 0 Å². The fourth-order valence-corrected chi connectivity index (χ4v) is 3.81. The molecule has 0 N–H and O–H groups in total. The molecule has 2 heterocycles. The minimum atomic E-state index is -1.20. The lowest BCUT2D eigenvalue weighted by atomic mass is 9.95. The van der Waals surface area contributed by atoms with Crippen molar-refractivity contribution in [3.8, 4) is 0 Å². The Labute approximate surface area is 213 Å². The van der Waals surface area contributed by atoms with Crippen LogP contribution in [0.3, 0.4) is 0 Å². The fraction of sp³-hybridized carbons (Fsp3) is 0.571. The molecule has 1 aromatic rings. The molecule has 0 aromatic heterocycles. The van der Waals surface area contributed by atoms with Crippen LogP contribution in [0.2, 0.25) is 10.0 Å². The normalized spacial score (nSPS) is 21.4. The van der Waals surface area contributed by atoms with Crippen LogP contribution in [-0.2, 0) is 28.5 Å². The maximum Gasteiger partial charge on any atom is 0.354 e. The third-order valence-electron chi connectivity index (χ3n) is 4.82. The van der Waals surface area contributed by atoms with Crippen molar-refractivity contribution < 1.29 is 28.5 Å². The van der Waals surface area contributed by atoms with Gasteiger partial charge in [0.05, 0.1) is 37.1 Å². The number of nitrogens with zero attached hydrogens (tertiary/aromatic N) is 2. The van der Waals surface area contributed by atoms with Crippen molar-refractivity contribution in [2.24, 2.45) is 5.10 Å². The van der Waals surface area contributed by atoms with E-state index in [2.05, 4.69) is 5.10 Å². The first-order valence-electron chi connectivity index (χ1n) is 10.2. The first-order chi connectivity index (χ1) is 15.5. The molecule has 33 heavy (non-hydrogen) atoms. The van der Waals surface area contributed by atoms with Gasteiger partial charge in [-0.25, -0.2) is 14.6 Å². The van der Waals surface area contributed by atoms with Gasteiger partial charge in [-0.05, 0) is 45.9 Å². The molecule has 0 aliphatic carbocycles. The summed E-state index contributed by atoms with van der Waals surface area (Å²) in [5.41, 5.74) is -0.607. The van der Waals surface area contributed by atoms with E-state index < -0.39 is 28.1 Å². The van der Waals surface area contributed by atoms with Gasteiger partial charge in [-0.15, -0.1) is 0 Å². The molecule has 12 heteroatoms. The molecule has 1 unspecified atom stereocenters. The maximum absolute atomic E-state index is 12.5. The number of hydrogen-bond acceptors (Lipinski definition) is 8. The third-order valence-corrected chi connectivity index (χ3v) is 6.15. The highest BCUT2D eigenvalue weighted by molar-refractivity contribution is 6.45. The van der Waals surface area contributed by atoms with Gasteiger partial charge in [0.25, 0.3) is 0 Å². The zero-order valence-corrected chi connectivity index (χ0v) is 21.7. The second-order valence-electron chi connectivity index (χ2n) is 7.36. The summed E-state index contributed by atoms with van der Waals surface area (Å²) < 4.78 is 20.4. The number of halogens is 4. The molecule has 1 atom stereocenters. The Balaban J connectivity index is 0.000000357. The number of carbonyl (C=O) groups excluding carboxylic acids is 2. The number of ether oxygens (including phenoxy) is 4. The molecule has 3 rings (SSSR count). The topological polar surface area (TPSA) is 86.7 Å². The first kappa shape index (κ1) is 28.0. The van der Waals surface area contributed by atoms with Crippen LogP contribution in [-0.4, -0.2) is 60.2 Å². The molecule has 0 amide bonds. The van der Waals surface area contributed by atoms with Crippen molar-refractivity contribution in [1.29, 1.82) is 0 Å². The minimum Gasteiger partial charge on any atom is -0.464 e. The predicted octanol–water partition coefficient (Wildman–Crippen LogP) is 5.00. The summed E-state index contributed by atoms with van der Waals surface area (Å²) in [6.45, 7) is 8.37. The summed E-state index contributed by atoms with van der Waals surface area (Å²) >= 11 is 23.2. The SMILES string of the molecule is CC1(C(Cl)Cl)OCCO1.CCOC(=O)C1=NN(c2ccc(Cl)cc2Cl)C(C)(C(=O)OCC)C1. The van der Waals surface area contributed by atoms with E-state index in [-0.39, 0.29) is 25.3 Å². The Morgan fingerprint density at radius 3 is 2.21 bits per heavy atom. The van der Waals surface area contributed by atoms with Crippen molar-refractivity contribution in [3.05, 3.63) is 28.2 Å². The summed E-state index contributed by atoms with van der Waals surface area (Å²) in [5.74, 6) is -1.84. The smallest absolute Gasteiger partial charge is 0.354 e. The summed E-state index contributed by atoms with van der Waals surface area (Å²) in [5, 5.41) is 6.44. The predicted molar refractivity (Wildman–Crippen MR) is 128 cm³/mol. The first-order valence-corrected chi connectivity index (χ1v) is 11.8. The molecule has 2 aliphatic rings. The quantitative estimate of drug-likeness (QED) is 0.368. The molecular weight excluding hydrogens is 518 g/mol. The molecule has 184 valence electrons. The number of hydrazone groups is 1. The van der Waals surface area contributed by atoms with Crippen molar-refractivity contribution in [2.75, 3.05) is 31.4 Å². The number of hydrogen-bond donors (Lipinski definition) is 0. The van der Waals surface area contributed by atoms with Gasteiger partial charge in [-0.1, -0.05) is 46.4 Å². The van der Waals surface area contributed by atoms with Gasteiger partial charge in [0.2, 0.25) is 0 Å². The zero-order chi connectivity index (χ0) is 24.8. The highest BCUT2D eigenvalue weighted by atomic mass is 35.5. The summed E-state index contributed by atoms with van der Waals surface area (Å²) in [6.07, 6.45) is 0.0591. The van der Waals surface area contributed by atoms with Gasteiger partial charge in [-0.3, -0.25) is 0 Å². The van der Waals surface area contributed by atoms with E-state index in [1.165, 1.54) is 5.01 Å². The second kappa shape index (κ2) is 11.9. The van der Waals surface area contributed by atoms with Crippen molar-refractivity contribution >= 4 is 69.7 Å². The van der Waals surface area contributed by atoms with Crippen LogP contribution in [0, 0.1) is 0 Å². The molecule has 0 bridgehead atoms. The molecule has 0 saturated carbocycles. The van der Waals surface area contributed by atoms with Gasteiger partial charge >= 0.3 is 11.9 Å². The monoisotopic (exact) mass is 542 g/mol. The number of rotatable bonds is 6. The van der Waals surface area contributed by atoms with Crippen LogP contribution in [0.25, 0.3) is 0 Å². The van der Waals surface area contributed by atoms with Gasteiger partial charge in [-0.2, -0.15) is 5.10 Å². The van der Waals surface area contributed by atoms with E-state index in [0.29, 0.717) is 28.9 Å². The highest BCUT2D eigenvalue weighted by Gasteiger charge is 2.49. The lowest BCUT2D eigenvalue weighted by Crippen LogP contribution is -2.48. The molecule has 0 radical (unpaired) electrons. The van der Waals surface area contributed by atoms with Crippen LogP contribution < -0.4 is 5.01 Å². The van der Waals surface area contributed by atoms with E-state index in [4.69, 9.17) is 65.4 Å². The van der Waals surface area contributed by atoms with Gasteiger partial charge < -0.3 is 18.9 Å². The Kier molecular flexibility index (Phi) is 10.1. The average molecular weight is 544 g/mol. The number of anilines is 1. The van der Waals surface area contributed by atoms with Crippen LogP contribution in [0.1, 0.15) is 34.1 Å². The fourth-order valence-electron chi connectivity index (χ4n) is 3.07. The van der Waals surface area contributed by atoms with Crippen LogP contribution >= 0.6 is 46.4 Å². The van der Waals surface area contributed by atoms with Crippen molar-refractivity contribution in [3.63, 3.8) is 0 Å². The lowest BCUT2D eigenvalue weighted by Gasteiger charge is -2.32. The molecule has 1 saturated heterocycles. The van der Waals surface area contributed by atoms with E-state index in [0.717, 1.165) is 0 Å². The summed E-state index contributed by atoms with van der Waals surface area (Å²) in [7, 11) is 0. The van der Waals surface area contributed by atoms with Gasteiger partial charge in [0.15, 0.2) is 16.2 Å². The third kappa shape index (κ3) is 6.65. The van der Waals surface area contributed by atoms with Crippen LogP contribution in [0.15, 0.2) is 23.3 Å². The number of benzene rings is 1. The molecule has 0 spiro atoms. The van der Waals surface area contributed by atoms with E-state index >= 15 is 0 Å². The van der Waals surface area contributed by atoms with E-state index in [1.54, 1.807) is 45.9 Å². The Bertz CT molecular complexity index is 892. The maximum atomic E-state index is 12.5. The Morgan fingerprint density at radius 1 is 1.12 bits per heavy atom. The molecular formula is C21H26Cl4N2O6. The van der Waals surface area contributed by atoms with Crippen LogP contribution in [0.4, 0.5) is 5.69 Å². The van der Waals surface area contributed by atoms with Gasteiger partial charge in [0, 0.05) is 11.4 Å². The molecule has 1 aromatic carbocycles. The number of carbonyl (C=O) groups is 2. The Hall–Kier alpha value is -1.29. The summed E-state index contributed by atoms with van der Waals surface area (Å²) in [6, 6.07) is 4.81. The lowest BCUT2D eigenvalue weighted by molar-refractivity contribution is -0.148. The van der Waals surface area contributed by atoms with Gasteiger partial charge in [0.1, 0.15) is 5.71 Å². The van der Waals surface area contributed by atoms with Crippen molar-refractivity contribution in [2.45, 2.75) is 50.3 Å². The standard InChI is InChI=1S/C16H18Cl2N2O4.C5H8Cl2O2/c1-4-23-14(21)12-9-16(3,15(22)24-5-2)20(19-12)13-7-6-10(17)8-11(13)18;1-5(4(6)7)8-2-3-9-5/h6-8H,4-5,9H2,1-3H3;4H,2-3H2,1H3. The molecule has 1 fully saturated rings. The largest absolute Gasteiger partial charge is 0.464 e. The molecule has 2 aliphatic heterocycles. The number of esters is 2. The van der Waals surface area contributed by atoms with E-state index in [1.807, 2.05) is 0 Å². The zero-order valence-electron chi connectivity index (χ0n) is 18.7. The minimum absolute atomic E-state index is 0.0591. The molecule has 8 nitrogen and oxygen atoms in total. The highest BCUT2D eigenvalue weighted by Crippen LogP contribution is 2.39. The second-order valence-corrected chi connectivity index (χ2v) is 9.30.